The highest BCUT2D eigenvalue weighted by Crippen LogP contribution is 2.22. The molecule has 0 aliphatic rings. The fourth-order valence-electron chi connectivity index (χ4n) is 1.46. The van der Waals surface area contributed by atoms with E-state index < -0.39 is 0 Å². The second kappa shape index (κ2) is 6.64. The minimum Gasteiger partial charge on any atom is -0.497 e. The van der Waals surface area contributed by atoms with Gasteiger partial charge in [-0.25, -0.2) is 0 Å². The molecule has 0 heterocycles. The van der Waals surface area contributed by atoms with E-state index in [0.29, 0.717) is 6.42 Å². The number of aryl methyl sites for hydroxylation is 1. The van der Waals surface area contributed by atoms with E-state index in [9.17, 15) is 4.39 Å². The molecule has 1 aromatic rings. The number of methoxy groups -OCH3 is 1. The van der Waals surface area contributed by atoms with Crippen molar-refractivity contribution in [3.05, 3.63) is 29.3 Å². The molecule has 1 rings (SSSR count). The normalized spacial score (nSPS) is 11.7. The third kappa shape index (κ3) is 3.68. The fourth-order valence-corrected chi connectivity index (χ4v) is 1.46. The van der Waals surface area contributed by atoms with Crippen molar-refractivity contribution in [2.75, 3.05) is 13.8 Å². The highest BCUT2D eigenvalue weighted by molar-refractivity contribution is 5.85. The molecule has 4 heteroatoms. The van der Waals surface area contributed by atoms with Gasteiger partial charge in [-0.1, -0.05) is 6.07 Å². The predicted molar refractivity (Wildman–Crippen MR) is 62.5 cm³/mol. The molecule has 0 unspecified atom stereocenters. The zero-order valence-electron chi connectivity index (χ0n) is 9.00. The Morgan fingerprint density at radius 1 is 1.47 bits per heavy atom. The summed E-state index contributed by atoms with van der Waals surface area (Å²) in [6, 6.07) is 5.44. The first-order chi connectivity index (χ1) is 6.69. The SMILES string of the molecule is COc1ccc([C@H](N)CCF)c(C)c1.Cl. The number of hydrogen-bond donors (Lipinski definition) is 1. The zero-order valence-corrected chi connectivity index (χ0v) is 9.81. The molecule has 1 aromatic carbocycles. The second-order valence-corrected chi connectivity index (χ2v) is 3.31. The Labute approximate surface area is 96.0 Å². The maximum atomic E-state index is 12.1. The van der Waals surface area contributed by atoms with Gasteiger partial charge < -0.3 is 10.5 Å². The smallest absolute Gasteiger partial charge is 0.119 e. The van der Waals surface area contributed by atoms with Crippen molar-refractivity contribution in [1.29, 1.82) is 0 Å². The van der Waals surface area contributed by atoms with E-state index in [-0.39, 0.29) is 25.1 Å². The van der Waals surface area contributed by atoms with Crippen LogP contribution >= 0.6 is 12.4 Å². The van der Waals surface area contributed by atoms with E-state index in [0.717, 1.165) is 16.9 Å². The summed E-state index contributed by atoms with van der Waals surface area (Å²) >= 11 is 0. The van der Waals surface area contributed by atoms with E-state index in [1.165, 1.54) is 0 Å². The van der Waals surface area contributed by atoms with Crippen LogP contribution in [0.5, 0.6) is 5.75 Å². The lowest BCUT2D eigenvalue weighted by Gasteiger charge is -2.13. The maximum Gasteiger partial charge on any atom is 0.119 e. The summed E-state index contributed by atoms with van der Waals surface area (Å²) in [5.74, 6) is 0.804. The monoisotopic (exact) mass is 233 g/mol. The summed E-state index contributed by atoms with van der Waals surface area (Å²) in [5, 5.41) is 0. The van der Waals surface area contributed by atoms with Crippen LogP contribution < -0.4 is 10.5 Å². The first kappa shape index (κ1) is 14.2. The van der Waals surface area contributed by atoms with E-state index in [2.05, 4.69) is 0 Å². The lowest BCUT2D eigenvalue weighted by molar-refractivity contribution is 0.413. The fraction of sp³-hybridized carbons (Fsp3) is 0.455. The number of hydrogen-bond acceptors (Lipinski definition) is 2. The summed E-state index contributed by atoms with van der Waals surface area (Å²) in [7, 11) is 1.62. The molecule has 0 fully saturated rings. The van der Waals surface area contributed by atoms with Crippen LogP contribution in [0.3, 0.4) is 0 Å². The third-order valence-electron chi connectivity index (χ3n) is 2.30. The third-order valence-corrected chi connectivity index (χ3v) is 2.30. The summed E-state index contributed by atoms with van der Waals surface area (Å²) in [4.78, 5) is 0. The maximum absolute atomic E-state index is 12.1. The molecule has 2 nitrogen and oxygen atoms in total. The van der Waals surface area contributed by atoms with E-state index in [1.54, 1.807) is 7.11 Å². The van der Waals surface area contributed by atoms with Gasteiger partial charge in [0.1, 0.15) is 5.75 Å². The number of nitrogens with two attached hydrogens (primary N) is 1. The standard InChI is InChI=1S/C11H16FNO.ClH/c1-8-7-9(14-2)3-4-10(8)11(13)5-6-12;/h3-4,7,11H,5-6,13H2,1-2H3;1H/t11-;/m1./s1. The van der Waals surface area contributed by atoms with Crippen molar-refractivity contribution < 1.29 is 9.13 Å². The van der Waals surface area contributed by atoms with Crippen LogP contribution in [0.2, 0.25) is 0 Å². The summed E-state index contributed by atoms with van der Waals surface area (Å²) in [5.41, 5.74) is 7.85. The Bertz CT molecular complexity index is 307. The molecular formula is C11H17ClFNO. The Morgan fingerprint density at radius 3 is 2.60 bits per heavy atom. The Balaban J connectivity index is 0.00000196. The summed E-state index contributed by atoms with van der Waals surface area (Å²) in [6.45, 7) is 1.57. The molecule has 0 radical (unpaired) electrons. The van der Waals surface area contributed by atoms with Crippen LogP contribution in [0.4, 0.5) is 4.39 Å². The first-order valence-corrected chi connectivity index (χ1v) is 4.65. The molecular weight excluding hydrogens is 217 g/mol. The van der Waals surface area contributed by atoms with E-state index >= 15 is 0 Å². The lowest BCUT2D eigenvalue weighted by atomic mass is 10.00. The van der Waals surface area contributed by atoms with Crippen molar-refractivity contribution >= 4 is 12.4 Å². The van der Waals surface area contributed by atoms with Gasteiger partial charge in [-0.15, -0.1) is 12.4 Å². The molecule has 0 spiro atoms. The molecule has 0 saturated heterocycles. The molecule has 0 amide bonds. The summed E-state index contributed by atoms with van der Waals surface area (Å²) < 4.78 is 17.2. The molecule has 0 aliphatic carbocycles. The number of ether oxygens (including phenoxy) is 1. The van der Waals surface area contributed by atoms with Gasteiger partial charge in [0.05, 0.1) is 13.8 Å². The predicted octanol–water partition coefficient (Wildman–Crippen LogP) is 2.78. The van der Waals surface area contributed by atoms with Gasteiger partial charge in [-0.2, -0.15) is 0 Å². The van der Waals surface area contributed by atoms with Crippen LogP contribution in [0.25, 0.3) is 0 Å². The number of halogens is 2. The van der Waals surface area contributed by atoms with E-state index in [4.69, 9.17) is 10.5 Å². The molecule has 0 saturated carbocycles. The molecule has 0 aromatic heterocycles. The van der Waals surface area contributed by atoms with Crippen LogP contribution in [0.1, 0.15) is 23.6 Å². The van der Waals surface area contributed by atoms with Gasteiger partial charge in [0.25, 0.3) is 0 Å². The van der Waals surface area contributed by atoms with Crippen molar-refractivity contribution in [2.24, 2.45) is 5.73 Å². The summed E-state index contributed by atoms with van der Waals surface area (Å²) in [6.07, 6.45) is 0.368. The highest BCUT2D eigenvalue weighted by atomic mass is 35.5. The molecule has 2 N–H and O–H groups in total. The zero-order chi connectivity index (χ0) is 10.6. The largest absolute Gasteiger partial charge is 0.497 e. The van der Waals surface area contributed by atoms with Gasteiger partial charge in [0, 0.05) is 6.04 Å². The minimum atomic E-state index is -0.382. The lowest BCUT2D eigenvalue weighted by Crippen LogP contribution is -2.12. The Morgan fingerprint density at radius 2 is 2.13 bits per heavy atom. The minimum absolute atomic E-state index is 0. The van der Waals surface area contributed by atoms with Gasteiger partial charge >= 0.3 is 0 Å². The van der Waals surface area contributed by atoms with Crippen molar-refractivity contribution in [3.8, 4) is 5.75 Å². The van der Waals surface area contributed by atoms with E-state index in [1.807, 2.05) is 25.1 Å². The second-order valence-electron chi connectivity index (χ2n) is 3.31. The highest BCUT2D eigenvalue weighted by Gasteiger charge is 2.08. The molecule has 0 aliphatic heterocycles. The van der Waals surface area contributed by atoms with Crippen LogP contribution in [0, 0.1) is 6.92 Å². The van der Waals surface area contributed by atoms with Crippen LogP contribution in [-0.4, -0.2) is 13.8 Å². The van der Waals surface area contributed by atoms with Gasteiger partial charge in [0.15, 0.2) is 0 Å². The Hall–Kier alpha value is -0.800. The van der Waals surface area contributed by atoms with Gasteiger partial charge in [0.2, 0.25) is 0 Å². The average molecular weight is 234 g/mol. The van der Waals surface area contributed by atoms with Crippen molar-refractivity contribution in [1.82, 2.24) is 0 Å². The number of alkyl halides is 1. The van der Waals surface area contributed by atoms with Gasteiger partial charge in [-0.3, -0.25) is 4.39 Å². The van der Waals surface area contributed by atoms with Crippen LogP contribution in [-0.2, 0) is 0 Å². The van der Waals surface area contributed by atoms with Crippen molar-refractivity contribution in [3.63, 3.8) is 0 Å². The van der Waals surface area contributed by atoms with Crippen LogP contribution in [0.15, 0.2) is 18.2 Å². The topological polar surface area (TPSA) is 35.2 Å². The first-order valence-electron chi connectivity index (χ1n) is 4.65. The molecule has 1 atom stereocenters. The quantitative estimate of drug-likeness (QED) is 0.868. The molecule has 0 bridgehead atoms. The van der Waals surface area contributed by atoms with Crippen molar-refractivity contribution in [2.45, 2.75) is 19.4 Å². The van der Waals surface area contributed by atoms with Gasteiger partial charge in [-0.05, 0) is 36.6 Å². The molecule has 86 valence electrons. The number of benzene rings is 1. The average Bonchev–Trinajstić information content (AvgIpc) is 2.17. The molecule has 15 heavy (non-hydrogen) atoms. The number of rotatable bonds is 4. The Kier molecular flexibility index (Phi) is 6.29.